The zero-order valence-corrected chi connectivity index (χ0v) is 17.1. The molecule has 0 spiro atoms. The predicted octanol–water partition coefficient (Wildman–Crippen LogP) is 4.42. The third kappa shape index (κ3) is 4.39. The molecule has 0 unspecified atom stereocenters. The molecule has 0 saturated carbocycles. The number of carbonyl (C=O) groups is 2. The monoisotopic (exact) mass is 429 g/mol. The number of anilines is 2. The van der Waals surface area contributed by atoms with Crippen molar-refractivity contribution in [2.45, 2.75) is 13.5 Å². The van der Waals surface area contributed by atoms with Crippen molar-refractivity contribution in [2.24, 2.45) is 0 Å². The average Bonchev–Trinajstić information content (AvgIpc) is 3.54. The molecule has 0 bridgehead atoms. The van der Waals surface area contributed by atoms with E-state index in [1.165, 1.54) is 6.26 Å². The third-order valence-corrected chi connectivity index (χ3v) is 4.65. The van der Waals surface area contributed by atoms with Crippen LogP contribution in [0.4, 0.5) is 16.2 Å². The van der Waals surface area contributed by atoms with Crippen LogP contribution in [0.2, 0.25) is 0 Å². The summed E-state index contributed by atoms with van der Waals surface area (Å²) < 4.78 is 12.5. The Labute approximate surface area is 183 Å². The van der Waals surface area contributed by atoms with Gasteiger partial charge >= 0.3 is 6.03 Å². The Balaban J connectivity index is 1.41. The maximum atomic E-state index is 12.8. The Morgan fingerprint density at radius 1 is 1.03 bits per heavy atom. The molecular weight excluding hydrogens is 410 g/mol. The van der Waals surface area contributed by atoms with E-state index < -0.39 is 5.91 Å². The first-order chi connectivity index (χ1) is 15.5. The molecule has 0 fully saturated rings. The number of rotatable bonds is 6. The molecular formula is C23H19N5O4. The van der Waals surface area contributed by atoms with Crippen molar-refractivity contribution >= 4 is 23.3 Å². The van der Waals surface area contributed by atoms with Gasteiger partial charge in [-0.25, -0.2) is 4.79 Å². The third-order valence-electron chi connectivity index (χ3n) is 4.65. The molecule has 0 atom stereocenters. The lowest BCUT2D eigenvalue weighted by Gasteiger charge is -2.08. The maximum absolute atomic E-state index is 12.8. The van der Waals surface area contributed by atoms with Gasteiger partial charge in [0.2, 0.25) is 5.88 Å². The first kappa shape index (κ1) is 20.6. The molecule has 3 heterocycles. The van der Waals surface area contributed by atoms with Gasteiger partial charge in [-0.2, -0.15) is 5.26 Å². The predicted molar refractivity (Wildman–Crippen MR) is 116 cm³/mol. The summed E-state index contributed by atoms with van der Waals surface area (Å²) in [5, 5.41) is 17.7. The second-order valence-electron chi connectivity index (χ2n) is 6.83. The summed E-state index contributed by atoms with van der Waals surface area (Å²) in [6, 6.07) is 15.4. The second-order valence-corrected chi connectivity index (χ2v) is 6.83. The van der Waals surface area contributed by atoms with E-state index in [1.807, 2.05) is 0 Å². The number of hydrogen-bond acceptors (Lipinski definition) is 5. The van der Waals surface area contributed by atoms with Gasteiger partial charge in [0.25, 0.3) is 5.91 Å². The van der Waals surface area contributed by atoms with Crippen LogP contribution in [0, 0.1) is 18.3 Å². The highest BCUT2D eigenvalue weighted by molar-refractivity contribution is 6.07. The van der Waals surface area contributed by atoms with E-state index in [0.29, 0.717) is 28.8 Å². The number of nitriles is 1. The number of urea groups is 1. The number of nitrogens with one attached hydrogen (secondary N) is 3. The number of aromatic nitrogens is 1. The summed E-state index contributed by atoms with van der Waals surface area (Å²) in [5.41, 5.74) is 1.38. The summed E-state index contributed by atoms with van der Waals surface area (Å²) in [4.78, 5) is 24.8. The van der Waals surface area contributed by atoms with Crippen LogP contribution in [0.25, 0.3) is 5.88 Å². The van der Waals surface area contributed by atoms with Gasteiger partial charge in [-0.3, -0.25) is 9.36 Å². The summed E-state index contributed by atoms with van der Waals surface area (Å²) in [5.74, 6) is 0.817. The highest BCUT2D eigenvalue weighted by Gasteiger charge is 2.24. The fraction of sp³-hybridized carbons (Fsp3) is 0.0870. The van der Waals surface area contributed by atoms with Crippen LogP contribution < -0.4 is 16.0 Å². The molecule has 3 N–H and O–H groups in total. The van der Waals surface area contributed by atoms with Gasteiger partial charge in [-0.15, -0.1) is 0 Å². The molecule has 0 aliphatic carbocycles. The van der Waals surface area contributed by atoms with E-state index >= 15 is 0 Å². The SMILES string of the molecule is Cc1oc(-n2cccc2)c(C#N)c1C(=O)Nc1ccc(NC(=O)NCc2ccco2)cc1. The Morgan fingerprint density at radius 3 is 2.34 bits per heavy atom. The molecule has 4 aromatic rings. The molecule has 9 nitrogen and oxygen atoms in total. The van der Waals surface area contributed by atoms with Crippen molar-refractivity contribution in [1.29, 1.82) is 5.26 Å². The molecule has 9 heteroatoms. The van der Waals surface area contributed by atoms with Crippen LogP contribution in [0.15, 0.2) is 76.0 Å². The second kappa shape index (κ2) is 8.97. The molecule has 4 rings (SSSR count). The molecule has 1 aromatic carbocycles. The lowest BCUT2D eigenvalue weighted by atomic mass is 10.1. The van der Waals surface area contributed by atoms with Crippen LogP contribution >= 0.6 is 0 Å². The van der Waals surface area contributed by atoms with E-state index in [1.54, 1.807) is 72.4 Å². The van der Waals surface area contributed by atoms with Crippen molar-refractivity contribution in [3.05, 3.63) is 89.8 Å². The normalized spacial score (nSPS) is 10.4. The molecule has 0 aliphatic heterocycles. The Kier molecular flexibility index (Phi) is 5.76. The lowest BCUT2D eigenvalue weighted by molar-refractivity contribution is 0.102. The van der Waals surface area contributed by atoms with E-state index in [-0.39, 0.29) is 23.7 Å². The highest BCUT2D eigenvalue weighted by Crippen LogP contribution is 2.26. The molecule has 160 valence electrons. The number of nitrogens with zero attached hydrogens (tertiary/aromatic N) is 2. The van der Waals surface area contributed by atoms with Crippen LogP contribution in [0.1, 0.15) is 27.4 Å². The molecule has 3 amide bonds. The topological polar surface area (TPSA) is 125 Å². The number of amides is 3. The average molecular weight is 429 g/mol. The van der Waals surface area contributed by atoms with E-state index in [9.17, 15) is 14.9 Å². The molecule has 0 saturated heterocycles. The fourth-order valence-electron chi connectivity index (χ4n) is 3.15. The van der Waals surface area contributed by atoms with Gasteiger partial charge in [0.15, 0.2) is 0 Å². The minimum Gasteiger partial charge on any atom is -0.467 e. The smallest absolute Gasteiger partial charge is 0.319 e. The lowest BCUT2D eigenvalue weighted by Crippen LogP contribution is -2.27. The molecule has 3 aromatic heterocycles. The minimum absolute atomic E-state index is 0.155. The fourth-order valence-corrected chi connectivity index (χ4v) is 3.15. The first-order valence-corrected chi connectivity index (χ1v) is 9.70. The van der Waals surface area contributed by atoms with Crippen LogP contribution in [-0.4, -0.2) is 16.5 Å². The highest BCUT2D eigenvalue weighted by atomic mass is 16.4. The van der Waals surface area contributed by atoms with Crippen molar-refractivity contribution in [1.82, 2.24) is 9.88 Å². The Bertz CT molecular complexity index is 1260. The van der Waals surface area contributed by atoms with Gasteiger partial charge in [0.1, 0.15) is 28.7 Å². The summed E-state index contributed by atoms with van der Waals surface area (Å²) in [7, 11) is 0. The number of aryl methyl sites for hydroxylation is 1. The van der Waals surface area contributed by atoms with Crippen molar-refractivity contribution in [3.8, 4) is 12.0 Å². The molecule has 0 radical (unpaired) electrons. The van der Waals surface area contributed by atoms with Gasteiger partial charge in [-0.1, -0.05) is 0 Å². The van der Waals surface area contributed by atoms with Crippen LogP contribution in [0.5, 0.6) is 0 Å². The standard InChI is InChI=1S/C23H19N5O4/c1-15-20(19(13-24)22(32-15)28-10-2-3-11-28)21(29)26-16-6-8-17(9-7-16)27-23(30)25-14-18-5-4-12-31-18/h2-12H,14H2,1H3,(H,26,29)(H2,25,27,30). The Morgan fingerprint density at radius 2 is 1.72 bits per heavy atom. The van der Waals surface area contributed by atoms with Crippen molar-refractivity contribution in [2.75, 3.05) is 10.6 Å². The van der Waals surface area contributed by atoms with E-state index in [2.05, 4.69) is 22.0 Å². The van der Waals surface area contributed by atoms with Crippen LogP contribution in [-0.2, 0) is 6.54 Å². The first-order valence-electron chi connectivity index (χ1n) is 9.70. The van der Waals surface area contributed by atoms with Gasteiger partial charge in [0.05, 0.1) is 12.8 Å². The molecule has 0 aliphatic rings. The van der Waals surface area contributed by atoms with Gasteiger partial charge in [0, 0.05) is 23.8 Å². The minimum atomic E-state index is -0.460. The van der Waals surface area contributed by atoms with Gasteiger partial charge < -0.3 is 24.8 Å². The Hall–Kier alpha value is -4.71. The van der Waals surface area contributed by atoms with Crippen molar-refractivity contribution < 1.29 is 18.4 Å². The summed E-state index contributed by atoms with van der Waals surface area (Å²) in [6.45, 7) is 1.90. The number of carbonyl (C=O) groups excluding carboxylic acids is 2. The summed E-state index contributed by atoms with van der Waals surface area (Å²) >= 11 is 0. The number of hydrogen-bond donors (Lipinski definition) is 3. The quantitative estimate of drug-likeness (QED) is 0.418. The number of furan rings is 2. The molecule has 32 heavy (non-hydrogen) atoms. The summed E-state index contributed by atoms with van der Waals surface area (Å²) in [6.07, 6.45) is 5.00. The zero-order chi connectivity index (χ0) is 22.5. The maximum Gasteiger partial charge on any atom is 0.319 e. The zero-order valence-electron chi connectivity index (χ0n) is 17.1. The van der Waals surface area contributed by atoms with Crippen molar-refractivity contribution in [3.63, 3.8) is 0 Å². The van der Waals surface area contributed by atoms with Gasteiger partial charge in [-0.05, 0) is 55.5 Å². The largest absolute Gasteiger partial charge is 0.467 e. The van der Waals surface area contributed by atoms with E-state index in [4.69, 9.17) is 8.83 Å². The number of benzene rings is 1. The van der Waals surface area contributed by atoms with Crippen LogP contribution in [0.3, 0.4) is 0 Å². The van der Waals surface area contributed by atoms with E-state index in [0.717, 1.165) is 0 Å².